The minimum absolute atomic E-state index is 0.170. The molecule has 1 aromatic rings. The Labute approximate surface area is 124 Å². The number of amides is 1. The molecule has 0 saturated carbocycles. The molecule has 0 bridgehead atoms. The third kappa shape index (κ3) is 3.76. The van der Waals surface area contributed by atoms with E-state index in [1.165, 1.54) is 0 Å². The summed E-state index contributed by atoms with van der Waals surface area (Å²) in [7, 11) is 0. The lowest BCUT2D eigenvalue weighted by atomic mass is 9.85. The average molecular weight is 291 g/mol. The lowest BCUT2D eigenvalue weighted by Gasteiger charge is -2.31. The van der Waals surface area contributed by atoms with Crippen LogP contribution in [0.1, 0.15) is 37.6 Å². The number of primary amides is 1. The Morgan fingerprint density at radius 3 is 2.85 bits per heavy atom. The van der Waals surface area contributed by atoms with Crippen LogP contribution in [0, 0.1) is 5.41 Å². The number of hydrogen-bond acceptors (Lipinski definition) is 4. The SMILES string of the molecule is CC(C)(C)C1CCSC(Nc2cccc(C(N)=O)c2)=N1. The highest BCUT2D eigenvalue weighted by atomic mass is 32.2. The predicted molar refractivity (Wildman–Crippen MR) is 86.3 cm³/mol. The molecule has 5 heteroatoms. The van der Waals surface area contributed by atoms with Gasteiger partial charge in [-0.2, -0.15) is 0 Å². The maximum absolute atomic E-state index is 11.2. The zero-order valence-corrected chi connectivity index (χ0v) is 13.0. The Kier molecular flexibility index (Phi) is 4.38. The molecule has 1 aliphatic rings. The van der Waals surface area contributed by atoms with Crippen LogP contribution in [0.4, 0.5) is 5.69 Å². The zero-order valence-electron chi connectivity index (χ0n) is 12.1. The molecule has 1 amide bonds. The van der Waals surface area contributed by atoms with Gasteiger partial charge in [0.1, 0.15) is 0 Å². The van der Waals surface area contributed by atoms with E-state index in [4.69, 9.17) is 10.7 Å². The first kappa shape index (κ1) is 14.9. The first-order valence-electron chi connectivity index (χ1n) is 6.74. The van der Waals surface area contributed by atoms with Crippen molar-refractivity contribution in [2.24, 2.45) is 16.1 Å². The monoisotopic (exact) mass is 291 g/mol. The Hall–Kier alpha value is -1.49. The number of nitrogens with two attached hydrogens (primary N) is 1. The van der Waals surface area contributed by atoms with Crippen LogP contribution < -0.4 is 11.1 Å². The van der Waals surface area contributed by atoms with Crippen molar-refractivity contribution >= 4 is 28.5 Å². The highest BCUT2D eigenvalue weighted by Gasteiger charge is 2.27. The molecule has 1 atom stereocenters. The standard InChI is InChI=1S/C15H21N3OS/c1-15(2,3)12-7-8-20-14(18-12)17-11-6-4-5-10(9-11)13(16)19/h4-6,9,12H,7-8H2,1-3H3,(H2,16,19)(H,17,18). The van der Waals surface area contributed by atoms with Crippen LogP contribution in [0.3, 0.4) is 0 Å². The Morgan fingerprint density at radius 2 is 2.20 bits per heavy atom. The maximum Gasteiger partial charge on any atom is 0.248 e. The summed E-state index contributed by atoms with van der Waals surface area (Å²) < 4.78 is 0. The van der Waals surface area contributed by atoms with Crippen LogP contribution in [-0.2, 0) is 0 Å². The van der Waals surface area contributed by atoms with Crippen molar-refractivity contribution in [1.82, 2.24) is 0 Å². The molecule has 2 rings (SSSR count). The van der Waals surface area contributed by atoms with E-state index in [1.54, 1.807) is 23.9 Å². The molecular formula is C15H21N3OS. The van der Waals surface area contributed by atoms with Gasteiger partial charge in [0, 0.05) is 17.0 Å². The highest BCUT2D eigenvalue weighted by Crippen LogP contribution is 2.31. The molecule has 0 aliphatic carbocycles. The Bertz CT molecular complexity index is 534. The number of rotatable bonds is 2. The number of carbonyl (C=O) groups excluding carboxylic acids is 1. The normalized spacial score (nSPS) is 19.4. The molecule has 1 unspecified atom stereocenters. The second-order valence-electron chi connectivity index (χ2n) is 6.02. The van der Waals surface area contributed by atoms with E-state index >= 15 is 0 Å². The lowest BCUT2D eigenvalue weighted by molar-refractivity contribution is 0.100. The summed E-state index contributed by atoms with van der Waals surface area (Å²) in [4.78, 5) is 16.0. The second-order valence-corrected chi connectivity index (χ2v) is 7.11. The quantitative estimate of drug-likeness (QED) is 0.879. The van der Waals surface area contributed by atoms with Gasteiger partial charge in [-0.3, -0.25) is 9.79 Å². The van der Waals surface area contributed by atoms with Gasteiger partial charge >= 0.3 is 0 Å². The largest absolute Gasteiger partial charge is 0.366 e. The molecular weight excluding hydrogens is 270 g/mol. The molecule has 108 valence electrons. The van der Waals surface area contributed by atoms with Crippen LogP contribution in [-0.4, -0.2) is 22.9 Å². The van der Waals surface area contributed by atoms with Crippen molar-refractivity contribution in [3.8, 4) is 0 Å². The molecule has 1 aliphatic heterocycles. The fraction of sp³-hybridized carbons (Fsp3) is 0.467. The molecule has 0 spiro atoms. The first-order valence-corrected chi connectivity index (χ1v) is 7.72. The summed E-state index contributed by atoms with van der Waals surface area (Å²) in [6.07, 6.45) is 1.10. The maximum atomic E-state index is 11.2. The summed E-state index contributed by atoms with van der Waals surface area (Å²) in [6, 6.07) is 7.52. The predicted octanol–water partition coefficient (Wildman–Crippen LogP) is 3.11. The molecule has 3 N–H and O–H groups in total. The van der Waals surface area contributed by atoms with Gasteiger partial charge in [-0.25, -0.2) is 0 Å². The van der Waals surface area contributed by atoms with Gasteiger partial charge in [0.05, 0.1) is 6.04 Å². The van der Waals surface area contributed by atoms with Gasteiger partial charge < -0.3 is 11.1 Å². The van der Waals surface area contributed by atoms with E-state index in [0.29, 0.717) is 11.6 Å². The van der Waals surface area contributed by atoms with E-state index in [0.717, 1.165) is 23.0 Å². The van der Waals surface area contributed by atoms with Gasteiger partial charge in [0.15, 0.2) is 5.17 Å². The van der Waals surface area contributed by atoms with Crippen molar-refractivity contribution < 1.29 is 4.79 Å². The number of carbonyl (C=O) groups is 1. The number of nitrogens with zero attached hydrogens (tertiary/aromatic N) is 1. The van der Waals surface area contributed by atoms with Crippen molar-refractivity contribution in [3.63, 3.8) is 0 Å². The van der Waals surface area contributed by atoms with Gasteiger partial charge in [-0.05, 0) is 30.0 Å². The van der Waals surface area contributed by atoms with E-state index in [1.807, 2.05) is 12.1 Å². The van der Waals surface area contributed by atoms with Crippen LogP contribution in [0.2, 0.25) is 0 Å². The minimum atomic E-state index is -0.417. The topological polar surface area (TPSA) is 67.5 Å². The molecule has 20 heavy (non-hydrogen) atoms. The zero-order chi connectivity index (χ0) is 14.8. The van der Waals surface area contributed by atoms with Gasteiger partial charge in [0.2, 0.25) is 5.91 Å². The number of thioether (sulfide) groups is 1. The van der Waals surface area contributed by atoms with E-state index in [-0.39, 0.29) is 5.41 Å². The minimum Gasteiger partial charge on any atom is -0.366 e. The fourth-order valence-electron chi connectivity index (χ4n) is 2.08. The van der Waals surface area contributed by atoms with Crippen LogP contribution in [0.5, 0.6) is 0 Å². The summed E-state index contributed by atoms with van der Waals surface area (Å²) in [5.74, 6) is 0.642. The molecule has 0 aromatic heterocycles. The van der Waals surface area contributed by atoms with Crippen molar-refractivity contribution in [2.45, 2.75) is 33.2 Å². The second kappa shape index (κ2) is 5.87. The summed E-state index contributed by atoms with van der Waals surface area (Å²) >= 11 is 1.71. The third-order valence-corrected chi connectivity index (χ3v) is 4.22. The van der Waals surface area contributed by atoms with Crippen molar-refractivity contribution in [2.75, 3.05) is 11.1 Å². The van der Waals surface area contributed by atoms with Gasteiger partial charge in [-0.1, -0.05) is 38.6 Å². The Balaban J connectivity index is 2.15. The number of benzene rings is 1. The Morgan fingerprint density at radius 1 is 1.45 bits per heavy atom. The highest BCUT2D eigenvalue weighted by molar-refractivity contribution is 8.14. The molecule has 4 nitrogen and oxygen atoms in total. The number of aliphatic imine (C=N–C) groups is 1. The number of amidine groups is 1. The average Bonchev–Trinajstić information content (AvgIpc) is 2.38. The first-order chi connectivity index (χ1) is 9.36. The summed E-state index contributed by atoms with van der Waals surface area (Å²) in [6.45, 7) is 6.63. The summed E-state index contributed by atoms with van der Waals surface area (Å²) in [5, 5.41) is 4.20. The van der Waals surface area contributed by atoms with Crippen LogP contribution in [0.25, 0.3) is 0 Å². The molecule has 0 saturated heterocycles. The summed E-state index contributed by atoms with van der Waals surface area (Å²) in [5.41, 5.74) is 6.82. The number of nitrogens with one attached hydrogen (secondary N) is 1. The smallest absolute Gasteiger partial charge is 0.248 e. The van der Waals surface area contributed by atoms with Crippen LogP contribution in [0.15, 0.2) is 29.3 Å². The molecule has 0 radical (unpaired) electrons. The van der Waals surface area contributed by atoms with Crippen LogP contribution >= 0.6 is 11.8 Å². The van der Waals surface area contributed by atoms with E-state index < -0.39 is 5.91 Å². The van der Waals surface area contributed by atoms with Gasteiger partial charge in [-0.15, -0.1) is 0 Å². The van der Waals surface area contributed by atoms with Crippen molar-refractivity contribution in [1.29, 1.82) is 0 Å². The lowest BCUT2D eigenvalue weighted by Crippen LogP contribution is -2.30. The molecule has 1 heterocycles. The number of anilines is 1. The molecule has 1 aromatic carbocycles. The third-order valence-electron chi connectivity index (χ3n) is 3.30. The number of hydrogen-bond donors (Lipinski definition) is 2. The molecule has 0 fully saturated rings. The van der Waals surface area contributed by atoms with E-state index in [9.17, 15) is 4.79 Å². The van der Waals surface area contributed by atoms with E-state index in [2.05, 4.69) is 26.1 Å². The van der Waals surface area contributed by atoms with Crippen molar-refractivity contribution in [3.05, 3.63) is 29.8 Å². The fourth-order valence-corrected chi connectivity index (χ4v) is 3.01. The van der Waals surface area contributed by atoms with Gasteiger partial charge in [0.25, 0.3) is 0 Å².